The number of aromatic carboxylic acids is 1. The van der Waals surface area contributed by atoms with Gasteiger partial charge in [0.1, 0.15) is 11.3 Å². The summed E-state index contributed by atoms with van der Waals surface area (Å²) in [6.45, 7) is 7.57. The number of anilines is 1. The molecule has 6 rings (SSSR count). The van der Waals surface area contributed by atoms with Crippen LogP contribution >= 0.6 is 0 Å². The number of halogens is 3. The molecule has 0 atom stereocenters. The molecule has 0 unspecified atom stereocenters. The highest BCUT2D eigenvalue weighted by atomic mass is 19.3. The summed E-state index contributed by atoms with van der Waals surface area (Å²) in [4.78, 5) is 14.0. The van der Waals surface area contributed by atoms with E-state index in [9.17, 15) is 23.1 Å². The van der Waals surface area contributed by atoms with Crippen molar-refractivity contribution >= 4 is 22.6 Å². The summed E-state index contributed by atoms with van der Waals surface area (Å²) >= 11 is 0. The lowest BCUT2D eigenvalue weighted by Gasteiger charge is -2.40. The topological polar surface area (TPSA) is 56.7 Å². The molecule has 2 fully saturated rings. The third-order valence-corrected chi connectivity index (χ3v) is 7.69. The van der Waals surface area contributed by atoms with E-state index in [1.807, 2.05) is 41.0 Å². The highest BCUT2D eigenvalue weighted by Gasteiger charge is 2.45. The van der Waals surface area contributed by atoms with Crippen molar-refractivity contribution in [3.05, 3.63) is 71.1 Å². The summed E-state index contributed by atoms with van der Waals surface area (Å²) in [7, 11) is 0. The highest BCUT2D eigenvalue weighted by molar-refractivity contribution is 6.08. The number of nitrogens with zero attached hydrogens (tertiary/aromatic N) is 2. The minimum absolute atomic E-state index is 0.156. The van der Waals surface area contributed by atoms with Crippen LogP contribution in [0.25, 0.3) is 33.4 Å². The Morgan fingerprint density at radius 2 is 1.69 bits per heavy atom. The minimum Gasteiger partial charge on any atom is -0.478 e. The maximum Gasteiger partial charge on any atom is 0.336 e. The van der Waals surface area contributed by atoms with Gasteiger partial charge in [-0.3, -0.25) is 0 Å². The van der Waals surface area contributed by atoms with Crippen LogP contribution in [0, 0.1) is 0 Å². The van der Waals surface area contributed by atoms with Gasteiger partial charge in [-0.15, -0.1) is 0 Å². The molecule has 8 heteroatoms. The second-order valence-electron chi connectivity index (χ2n) is 12.1. The molecule has 0 radical (unpaired) electrons. The molecule has 0 spiro atoms. The number of benzene rings is 3. The van der Waals surface area contributed by atoms with Crippen LogP contribution in [0.15, 0.2) is 59.0 Å². The molecule has 3 aliphatic heterocycles. The van der Waals surface area contributed by atoms with Gasteiger partial charge in [-0.25, -0.2) is 22.5 Å². The van der Waals surface area contributed by atoms with Crippen LogP contribution in [0.2, 0.25) is 0 Å². The maximum atomic E-state index is 14.2. The Morgan fingerprint density at radius 1 is 0.974 bits per heavy atom. The normalized spacial score (nSPS) is 20.7. The van der Waals surface area contributed by atoms with Gasteiger partial charge in [-0.2, -0.15) is 0 Å². The fourth-order valence-electron chi connectivity index (χ4n) is 5.58. The zero-order valence-corrected chi connectivity index (χ0v) is 22.3. The van der Waals surface area contributed by atoms with E-state index in [1.165, 1.54) is 0 Å². The van der Waals surface area contributed by atoms with E-state index in [4.69, 9.17) is 4.42 Å². The lowest BCUT2D eigenvalue weighted by atomic mass is 9.82. The molecule has 0 aromatic heterocycles. The van der Waals surface area contributed by atoms with Crippen molar-refractivity contribution in [2.24, 2.45) is 0 Å². The monoisotopic (exact) mass is 535 g/mol. The Labute approximate surface area is 224 Å². The molecule has 202 valence electrons. The molecular formula is C31H30F3N2O3+. The van der Waals surface area contributed by atoms with Crippen molar-refractivity contribution in [2.75, 3.05) is 31.1 Å². The van der Waals surface area contributed by atoms with Gasteiger partial charge in [0.25, 0.3) is 5.92 Å². The molecule has 4 aliphatic rings. The average Bonchev–Trinajstić information content (AvgIpc) is 2.82. The van der Waals surface area contributed by atoms with Gasteiger partial charge in [-0.1, -0.05) is 26.8 Å². The Balaban J connectivity index is 1.64. The SMILES string of the molecule is CC1(F)C[N+](=c2ccc3c(-c4cc(C(C)(C)C)ccc4C(=O)O)c4ccc(N5CC(F)(F)C5)cc4oc-3c2)C1. The molecule has 1 N–H and O–H groups in total. The third kappa shape index (κ3) is 4.45. The molecule has 2 aromatic carbocycles. The Morgan fingerprint density at radius 3 is 2.31 bits per heavy atom. The van der Waals surface area contributed by atoms with E-state index in [1.54, 1.807) is 30.0 Å². The van der Waals surface area contributed by atoms with Crippen LogP contribution in [-0.2, 0) is 5.41 Å². The largest absolute Gasteiger partial charge is 0.478 e. The van der Waals surface area contributed by atoms with Crippen LogP contribution in [0.3, 0.4) is 0 Å². The predicted molar refractivity (Wildman–Crippen MR) is 146 cm³/mol. The molecule has 3 heterocycles. The van der Waals surface area contributed by atoms with E-state index in [0.29, 0.717) is 39.1 Å². The Kier molecular flexibility index (Phi) is 5.45. The molecule has 0 saturated carbocycles. The smallest absolute Gasteiger partial charge is 0.336 e. The zero-order valence-electron chi connectivity index (χ0n) is 22.3. The fourth-order valence-corrected chi connectivity index (χ4v) is 5.58. The molecule has 5 nitrogen and oxygen atoms in total. The average molecular weight is 536 g/mol. The standard InChI is InChI=1S/C31H29F3N2O3/c1-29(2,3)18-5-8-21(28(37)38)24(11-18)27-22-9-6-19(35-14-30(4,32)15-35)12-25(22)39-26-13-20(7-10-23(26)27)36-16-31(33,34)17-36/h5-13H,14-17H2,1-4H3/p+1. The minimum atomic E-state index is -2.72. The van der Waals surface area contributed by atoms with Gasteiger partial charge in [0.2, 0.25) is 11.0 Å². The number of hydrogen-bond acceptors (Lipinski definition) is 3. The number of carboxylic acid groups (broad SMARTS) is 1. The number of alkyl halides is 3. The van der Waals surface area contributed by atoms with Crippen LogP contribution in [0.1, 0.15) is 43.6 Å². The first-order valence-corrected chi connectivity index (χ1v) is 13.0. The summed E-state index contributed by atoms with van der Waals surface area (Å²) in [6.07, 6.45) is 0. The van der Waals surface area contributed by atoms with Gasteiger partial charge in [0, 0.05) is 34.3 Å². The fraction of sp³-hybridized carbons (Fsp3) is 0.355. The van der Waals surface area contributed by atoms with Crippen molar-refractivity contribution in [1.82, 2.24) is 4.58 Å². The first-order valence-electron chi connectivity index (χ1n) is 13.0. The van der Waals surface area contributed by atoms with E-state index < -0.39 is 17.6 Å². The zero-order chi connectivity index (χ0) is 27.9. The summed E-state index contributed by atoms with van der Waals surface area (Å²) in [5.41, 5.74) is 2.68. The van der Waals surface area contributed by atoms with E-state index in [0.717, 1.165) is 10.9 Å². The third-order valence-electron chi connectivity index (χ3n) is 7.69. The van der Waals surface area contributed by atoms with Crippen molar-refractivity contribution in [2.45, 2.75) is 44.7 Å². The number of hydrogen-bond donors (Lipinski definition) is 1. The lowest BCUT2D eigenvalue weighted by molar-refractivity contribution is -0.0262. The molecule has 2 saturated heterocycles. The van der Waals surface area contributed by atoms with Gasteiger partial charge >= 0.3 is 5.97 Å². The maximum absolute atomic E-state index is 14.2. The van der Waals surface area contributed by atoms with Crippen LogP contribution < -0.4 is 14.8 Å². The number of carbonyl (C=O) groups is 1. The predicted octanol–water partition coefficient (Wildman–Crippen LogP) is 6.17. The van der Waals surface area contributed by atoms with Gasteiger partial charge in [0.15, 0.2) is 13.1 Å². The molecule has 2 aromatic rings. The summed E-state index contributed by atoms with van der Waals surface area (Å²) < 4.78 is 49.7. The second kappa shape index (κ2) is 8.34. The first kappa shape index (κ1) is 25.5. The Bertz CT molecular complexity index is 1680. The van der Waals surface area contributed by atoms with Gasteiger partial charge in [0.05, 0.1) is 24.7 Å². The Hall–Kier alpha value is -3.81. The van der Waals surface area contributed by atoms with Crippen molar-refractivity contribution in [1.29, 1.82) is 0 Å². The summed E-state index contributed by atoms with van der Waals surface area (Å²) in [5, 5.41) is 11.6. The quantitative estimate of drug-likeness (QED) is 0.252. The van der Waals surface area contributed by atoms with Crippen molar-refractivity contribution in [3.63, 3.8) is 0 Å². The van der Waals surface area contributed by atoms with E-state index in [-0.39, 0.29) is 37.2 Å². The van der Waals surface area contributed by atoms with Crippen LogP contribution in [-0.4, -0.2) is 48.8 Å². The van der Waals surface area contributed by atoms with E-state index >= 15 is 0 Å². The molecule has 0 amide bonds. The number of fused-ring (bicyclic) bond motifs is 2. The van der Waals surface area contributed by atoms with Crippen LogP contribution in [0.4, 0.5) is 18.9 Å². The van der Waals surface area contributed by atoms with Gasteiger partial charge in [-0.05, 0) is 53.8 Å². The number of carboxylic acids is 1. The number of rotatable bonds is 3. The lowest BCUT2D eigenvalue weighted by Crippen LogP contribution is -2.58. The van der Waals surface area contributed by atoms with Gasteiger partial charge < -0.3 is 14.4 Å². The summed E-state index contributed by atoms with van der Waals surface area (Å²) in [6, 6.07) is 16.3. The van der Waals surface area contributed by atoms with E-state index in [2.05, 4.69) is 20.8 Å². The highest BCUT2D eigenvalue weighted by Crippen LogP contribution is 2.44. The summed E-state index contributed by atoms with van der Waals surface area (Å²) in [5.74, 6) is -3.26. The second-order valence-corrected chi connectivity index (χ2v) is 12.1. The molecular weight excluding hydrogens is 505 g/mol. The molecule has 1 aliphatic carbocycles. The van der Waals surface area contributed by atoms with Crippen LogP contribution in [0.5, 0.6) is 0 Å². The molecule has 39 heavy (non-hydrogen) atoms. The van der Waals surface area contributed by atoms with Crippen molar-refractivity contribution < 1.29 is 27.5 Å². The molecule has 0 bridgehead atoms. The first-order chi connectivity index (χ1) is 18.2. The van der Waals surface area contributed by atoms with Crippen molar-refractivity contribution in [3.8, 4) is 22.5 Å².